The summed E-state index contributed by atoms with van der Waals surface area (Å²) in [4.78, 5) is 4.34. The first kappa shape index (κ1) is 12.2. The molecule has 0 radical (unpaired) electrons. The van der Waals surface area contributed by atoms with Crippen molar-refractivity contribution in [2.75, 3.05) is 7.05 Å². The van der Waals surface area contributed by atoms with E-state index in [0.29, 0.717) is 16.3 Å². The van der Waals surface area contributed by atoms with Gasteiger partial charge in [-0.3, -0.25) is 0 Å². The van der Waals surface area contributed by atoms with E-state index in [4.69, 9.17) is 11.6 Å². The molecule has 1 heterocycles. The molecule has 2 nitrogen and oxygen atoms in total. The first-order chi connectivity index (χ1) is 7.79. The van der Waals surface area contributed by atoms with Crippen LogP contribution in [0.3, 0.4) is 0 Å². The SMILES string of the molecule is CNC1CCCCC1Sc1ccc(Cl)cn1. The molecule has 1 N–H and O–H groups in total. The minimum Gasteiger partial charge on any atom is -0.316 e. The predicted molar refractivity (Wildman–Crippen MR) is 70.2 cm³/mol. The van der Waals surface area contributed by atoms with E-state index in [-0.39, 0.29) is 0 Å². The lowest BCUT2D eigenvalue weighted by Gasteiger charge is -2.30. The van der Waals surface area contributed by atoms with Crippen LogP contribution in [0.25, 0.3) is 0 Å². The zero-order valence-electron chi connectivity index (χ0n) is 9.45. The van der Waals surface area contributed by atoms with Gasteiger partial charge in [-0.2, -0.15) is 0 Å². The number of rotatable bonds is 3. The van der Waals surface area contributed by atoms with E-state index in [1.807, 2.05) is 23.9 Å². The van der Waals surface area contributed by atoms with Gasteiger partial charge in [0.1, 0.15) is 0 Å². The number of halogens is 1. The number of aromatic nitrogens is 1. The average Bonchev–Trinajstić information content (AvgIpc) is 2.33. The summed E-state index contributed by atoms with van der Waals surface area (Å²) < 4.78 is 0. The Balaban J connectivity index is 1.99. The highest BCUT2D eigenvalue weighted by Gasteiger charge is 2.24. The minimum atomic E-state index is 0.622. The fourth-order valence-electron chi connectivity index (χ4n) is 2.16. The van der Waals surface area contributed by atoms with Crippen LogP contribution in [0.4, 0.5) is 0 Å². The van der Waals surface area contributed by atoms with Gasteiger partial charge in [0.25, 0.3) is 0 Å². The van der Waals surface area contributed by atoms with Gasteiger partial charge in [-0.15, -0.1) is 11.8 Å². The number of hydrogen-bond acceptors (Lipinski definition) is 3. The molecule has 0 bridgehead atoms. The van der Waals surface area contributed by atoms with Crippen molar-refractivity contribution >= 4 is 23.4 Å². The van der Waals surface area contributed by atoms with E-state index in [1.54, 1.807) is 6.20 Å². The van der Waals surface area contributed by atoms with Crippen molar-refractivity contribution in [2.45, 2.75) is 42.0 Å². The number of pyridine rings is 1. The fourth-order valence-corrected chi connectivity index (χ4v) is 3.56. The Morgan fingerprint density at radius 1 is 1.38 bits per heavy atom. The molecule has 16 heavy (non-hydrogen) atoms. The Morgan fingerprint density at radius 2 is 2.19 bits per heavy atom. The molecular weight excluding hydrogens is 240 g/mol. The standard InChI is InChI=1S/C12H17ClN2S/c1-14-10-4-2-3-5-11(10)16-12-7-6-9(13)8-15-12/h6-8,10-11,14H,2-5H2,1H3. The molecule has 1 fully saturated rings. The summed E-state index contributed by atoms with van der Waals surface area (Å²) in [5.74, 6) is 0. The normalized spacial score (nSPS) is 25.6. The third-order valence-electron chi connectivity index (χ3n) is 3.05. The summed E-state index contributed by atoms with van der Waals surface area (Å²) in [6, 6.07) is 4.54. The molecule has 0 aromatic carbocycles. The molecule has 1 saturated carbocycles. The van der Waals surface area contributed by atoms with Crippen LogP contribution in [-0.2, 0) is 0 Å². The lowest BCUT2D eigenvalue weighted by molar-refractivity contribution is 0.405. The molecule has 88 valence electrons. The second kappa shape index (κ2) is 5.89. The first-order valence-corrected chi connectivity index (χ1v) is 7.01. The van der Waals surface area contributed by atoms with E-state index in [1.165, 1.54) is 25.7 Å². The van der Waals surface area contributed by atoms with Crippen LogP contribution >= 0.6 is 23.4 Å². The molecular formula is C12H17ClN2S. The van der Waals surface area contributed by atoms with E-state index >= 15 is 0 Å². The topological polar surface area (TPSA) is 24.9 Å². The molecule has 1 aromatic rings. The lowest BCUT2D eigenvalue weighted by atomic mass is 9.95. The molecule has 1 aliphatic carbocycles. The van der Waals surface area contributed by atoms with Crippen LogP contribution in [0.5, 0.6) is 0 Å². The van der Waals surface area contributed by atoms with E-state index in [9.17, 15) is 0 Å². The van der Waals surface area contributed by atoms with Crippen molar-refractivity contribution in [3.8, 4) is 0 Å². The molecule has 0 amide bonds. The molecule has 2 atom stereocenters. The zero-order chi connectivity index (χ0) is 11.4. The molecule has 1 aromatic heterocycles. The van der Waals surface area contributed by atoms with Crippen LogP contribution in [0, 0.1) is 0 Å². The number of nitrogens with one attached hydrogen (secondary N) is 1. The molecule has 2 rings (SSSR count). The molecule has 0 aliphatic heterocycles. The maximum Gasteiger partial charge on any atom is 0.0964 e. The largest absolute Gasteiger partial charge is 0.316 e. The van der Waals surface area contributed by atoms with Crippen molar-refractivity contribution < 1.29 is 0 Å². The van der Waals surface area contributed by atoms with Gasteiger partial charge in [-0.05, 0) is 32.0 Å². The van der Waals surface area contributed by atoms with Crippen LogP contribution in [0.2, 0.25) is 5.02 Å². The summed E-state index contributed by atoms with van der Waals surface area (Å²) >= 11 is 7.70. The molecule has 0 spiro atoms. The summed E-state index contributed by atoms with van der Waals surface area (Å²) in [6.07, 6.45) is 6.96. The van der Waals surface area contributed by atoms with Crippen molar-refractivity contribution in [1.29, 1.82) is 0 Å². The Morgan fingerprint density at radius 3 is 2.88 bits per heavy atom. The van der Waals surface area contributed by atoms with Crippen molar-refractivity contribution in [3.63, 3.8) is 0 Å². The smallest absolute Gasteiger partial charge is 0.0964 e. The van der Waals surface area contributed by atoms with Gasteiger partial charge < -0.3 is 5.32 Å². The number of nitrogens with zero attached hydrogens (tertiary/aromatic N) is 1. The second-order valence-electron chi connectivity index (χ2n) is 4.15. The van der Waals surface area contributed by atoms with Crippen molar-refractivity contribution in [3.05, 3.63) is 23.4 Å². The van der Waals surface area contributed by atoms with E-state index < -0.39 is 0 Å². The summed E-state index contributed by atoms with van der Waals surface area (Å²) in [5.41, 5.74) is 0. The summed E-state index contributed by atoms with van der Waals surface area (Å²) in [6.45, 7) is 0. The Labute approximate surface area is 106 Å². The fraction of sp³-hybridized carbons (Fsp3) is 0.583. The van der Waals surface area contributed by atoms with Gasteiger partial charge in [-0.25, -0.2) is 4.98 Å². The molecule has 2 unspecified atom stereocenters. The maximum absolute atomic E-state index is 5.83. The quantitative estimate of drug-likeness (QED) is 0.898. The van der Waals surface area contributed by atoms with Gasteiger partial charge >= 0.3 is 0 Å². The molecule has 1 aliphatic rings. The maximum atomic E-state index is 5.83. The number of hydrogen-bond donors (Lipinski definition) is 1. The van der Waals surface area contributed by atoms with Crippen LogP contribution in [0.15, 0.2) is 23.4 Å². The third-order valence-corrected chi connectivity index (χ3v) is 4.62. The first-order valence-electron chi connectivity index (χ1n) is 5.75. The Kier molecular flexibility index (Phi) is 4.50. The Hall–Kier alpha value is -0.250. The van der Waals surface area contributed by atoms with Gasteiger partial charge in [0.2, 0.25) is 0 Å². The Bertz CT molecular complexity index is 328. The average molecular weight is 257 g/mol. The zero-order valence-corrected chi connectivity index (χ0v) is 11.0. The number of thioether (sulfide) groups is 1. The van der Waals surface area contributed by atoms with Gasteiger partial charge in [0.05, 0.1) is 10.0 Å². The summed E-state index contributed by atoms with van der Waals surface area (Å²) in [5, 5.41) is 5.84. The molecule has 0 saturated heterocycles. The van der Waals surface area contributed by atoms with Crippen LogP contribution in [0.1, 0.15) is 25.7 Å². The second-order valence-corrected chi connectivity index (χ2v) is 5.85. The monoisotopic (exact) mass is 256 g/mol. The van der Waals surface area contributed by atoms with Gasteiger partial charge in [0, 0.05) is 17.5 Å². The van der Waals surface area contributed by atoms with Crippen LogP contribution in [-0.4, -0.2) is 23.3 Å². The van der Waals surface area contributed by atoms with Crippen molar-refractivity contribution in [2.24, 2.45) is 0 Å². The van der Waals surface area contributed by atoms with Crippen LogP contribution < -0.4 is 5.32 Å². The predicted octanol–water partition coefficient (Wildman–Crippen LogP) is 3.36. The van der Waals surface area contributed by atoms with Gasteiger partial charge in [0.15, 0.2) is 0 Å². The summed E-state index contributed by atoms with van der Waals surface area (Å²) in [7, 11) is 2.05. The van der Waals surface area contributed by atoms with Gasteiger partial charge in [-0.1, -0.05) is 24.4 Å². The van der Waals surface area contributed by atoms with Crippen molar-refractivity contribution in [1.82, 2.24) is 10.3 Å². The molecule has 4 heteroatoms. The highest BCUT2D eigenvalue weighted by atomic mass is 35.5. The highest BCUT2D eigenvalue weighted by Crippen LogP contribution is 2.33. The van der Waals surface area contributed by atoms with E-state index in [0.717, 1.165) is 5.03 Å². The third kappa shape index (κ3) is 3.12. The lowest BCUT2D eigenvalue weighted by Crippen LogP contribution is -2.38. The van der Waals surface area contributed by atoms with E-state index in [2.05, 4.69) is 17.3 Å². The minimum absolute atomic E-state index is 0.622. The highest BCUT2D eigenvalue weighted by molar-refractivity contribution is 7.99.